The van der Waals surface area contributed by atoms with Crippen molar-refractivity contribution in [2.24, 2.45) is 5.84 Å². The molecule has 1 aliphatic rings. The van der Waals surface area contributed by atoms with Gasteiger partial charge < -0.3 is 4.90 Å². The lowest BCUT2D eigenvalue weighted by Crippen LogP contribution is -2.53. The Morgan fingerprint density at radius 3 is 2.53 bits per heavy atom. The smallest absolute Gasteiger partial charge is 0.244 e. The number of hydrogen-bond acceptors (Lipinski definition) is 3. The Bertz CT molecular complexity index is 485. The summed E-state index contributed by atoms with van der Waals surface area (Å²) >= 11 is 0. The first-order chi connectivity index (χ1) is 8.99. The van der Waals surface area contributed by atoms with Crippen LogP contribution in [0.25, 0.3) is 0 Å². The fraction of sp³-hybridized carbons (Fsp3) is 0.462. The Morgan fingerprint density at radius 1 is 1.37 bits per heavy atom. The van der Waals surface area contributed by atoms with Gasteiger partial charge in [-0.15, -0.1) is 0 Å². The third-order valence-electron chi connectivity index (χ3n) is 3.85. The van der Waals surface area contributed by atoms with Gasteiger partial charge in [0, 0.05) is 11.6 Å². The second kappa shape index (κ2) is 5.22. The molecule has 3 N–H and O–H groups in total. The summed E-state index contributed by atoms with van der Waals surface area (Å²) < 4.78 is 27.0. The van der Waals surface area contributed by atoms with Crippen LogP contribution in [0, 0.1) is 11.6 Å². The highest BCUT2D eigenvalue weighted by molar-refractivity contribution is 5.88. The van der Waals surface area contributed by atoms with Crippen molar-refractivity contribution in [1.82, 2.24) is 10.3 Å². The molecular weight excluding hydrogens is 252 g/mol. The maximum atomic E-state index is 14.0. The number of halogens is 2. The second-order valence-corrected chi connectivity index (χ2v) is 4.98. The molecule has 1 aromatic rings. The normalized spacial score (nSPS) is 19.2. The highest BCUT2D eigenvalue weighted by Gasteiger charge is 2.43. The first-order valence-corrected chi connectivity index (χ1v) is 6.15. The molecule has 4 nitrogen and oxygen atoms in total. The molecule has 1 amide bonds. The molecule has 0 aromatic heterocycles. The summed E-state index contributed by atoms with van der Waals surface area (Å²) in [6, 6.07) is 3.31. The summed E-state index contributed by atoms with van der Waals surface area (Å²) in [5.41, 5.74) is 1.31. The minimum Gasteiger partial charge on any atom is -0.306 e. The molecule has 19 heavy (non-hydrogen) atoms. The molecular formula is C13H17F2N3O. The summed E-state index contributed by atoms with van der Waals surface area (Å²) in [6.45, 7) is 1.31. The fourth-order valence-corrected chi connectivity index (χ4v) is 2.63. The van der Waals surface area contributed by atoms with E-state index in [1.807, 2.05) is 7.05 Å². The third kappa shape index (κ3) is 2.46. The number of rotatable bonds is 2. The van der Waals surface area contributed by atoms with E-state index in [0.717, 1.165) is 6.07 Å². The molecule has 0 unspecified atom stereocenters. The lowest BCUT2D eigenvalue weighted by Gasteiger charge is -2.39. The first-order valence-electron chi connectivity index (χ1n) is 6.15. The number of carbonyl (C=O) groups is 1. The number of likely N-dealkylation sites (tertiary alicyclic amines) is 1. The Balaban J connectivity index is 2.46. The van der Waals surface area contributed by atoms with Crippen molar-refractivity contribution in [3.8, 4) is 0 Å². The largest absolute Gasteiger partial charge is 0.306 e. The number of hydrogen-bond donors (Lipinski definition) is 2. The van der Waals surface area contributed by atoms with Crippen LogP contribution in [0.2, 0.25) is 0 Å². The molecule has 0 radical (unpaired) electrons. The third-order valence-corrected chi connectivity index (χ3v) is 3.85. The average molecular weight is 269 g/mol. The van der Waals surface area contributed by atoms with E-state index in [1.165, 1.54) is 12.1 Å². The van der Waals surface area contributed by atoms with Gasteiger partial charge in [-0.2, -0.15) is 0 Å². The molecule has 0 aliphatic carbocycles. The van der Waals surface area contributed by atoms with Crippen LogP contribution in [0.1, 0.15) is 18.4 Å². The molecule has 1 aromatic carbocycles. The average Bonchev–Trinajstić information content (AvgIpc) is 2.39. The van der Waals surface area contributed by atoms with Crippen molar-refractivity contribution in [2.75, 3.05) is 20.1 Å². The molecule has 1 saturated heterocycles. The van der Waals surface area contributed by atoms with Gasteiger partial charge in [0.05, 0.1) is 5.41 Å². The van der Waals surface area contributed by atoms with Gasteiger partial charge in [-0.25, -0.2) is 14.6 Å². The van der Waals surface area contributed by atoms with Gasteiger partial charge in [0.15, 0.2) is 0 Å². The summed E-state index contributed by atoms with van der Waals surface area (Å²) in [5.74, 6) is 3.45. The number of carbonyl (C=O) groups excluding carboxylic acids is 1. The predicted molar refractivity (Wildman–Crippen MR) is 67.1 cm³/mol. The first kappa shape index (κ1) is 13.9. The lowest BCUT2D eigenvalue weighted by atomic mass is 9.72. The van der Waals surface area contributed by atoms with Gasteiger partial charge in [-0.05, 0) is 39.0 Å². The maximum absolute atomic E-state index is 14.0. The number of piperidine rings is 1. The van der Waals surface area contributed by atoms with Crippen LogP contribution in [-0.4, -0.2) is 30.9 Å². The minimum absolute atomic E-state index is 0.213. The van der Waals surface area contributed by atoms with Crippen molar-refractivity contribution in [2.45, 2.75) is 18.3 Å². The summed E-state index contributed by atoms with van der Waals surface area (Å²) in [4.78, 5) is 14.2. The van der Waals surface area contributed by atoms with Crippen LogP contribution < -0.4 is 11.3 Å². The number of benzene rings is 1. The van der Waals surface area contributed by atoms with Crippen LogP contribution in [0.5, 0.6) is 0 Å². The number of nitrogens with zero attached hydrogens (tertiary/aromatic N) is 1. The molecule has 6 heteroatoms. The number of nitrogens with one attached hydrogen (secondary N) is 1. The highest BCUT2D eigenvalue weighted by atomic mass is 19.1. The van der Waals surface area contributed by atoms with Crippen LogP contribution in [-0.2, 0) is 10.2 Å². The fourth-order valence-electron chi connectivity index (χ4n) is 2.63. The lowest BCUT2D eigenvalue weighted by molar-refractivity contribution is -0.128. The van der Waals surface area contributed by atoms with Gasteiger partial charge in [-0.1, -0.05) is 6.07 Å². The Labute approximate surface area is 110 Å². The topological polar surface area (TPSA) is 58.4 Å². The second-order valence-electron chi connectivity index (χ2n) is 4.98. The number of nitrogens with two attached hydrogens (primary N) is 1. The van der Waals surface area contributed by atoms with Crippen molar-refractivity contribution in [3.05, 3.63) is 35.4 Å². The molecule has 2 rings (SSSR count). The monoisotopic (exact) mass is 269 g/mol. The zero-order chi connectivity index (χ0) is 14.0. The van der Waals surface area contributed by atoms with Crippen LogP contribution in [0.3, 0.4) is 0 Å². The zero-order valence-corrected chi connectivity index (χ0v) is 10.7. The quantitative estimate of drug-likeness (QED) is 0.477. The molecule has 0 atom stereocenters. The Morgan fingerprint density at radius 2 is 2.00 bits per heavy atom. The van der Waals surface area contributed by atoms with Gasteiger partial charge in [-0.3, -0.25) is 10.2 Å². The van der Waals surface area contributed by atoms with E-state index in [-0.39, 0.29) is 5.56 Å². The number of hydrazine groups is 1. The van der Waals surface area contributed by atoms with E-state index in [4.69, 9.17) is 5.84 Å². The van der Waals surface area contributed by atoms with E-state index in [9.17, 15) is 13.6 Å². The van der Waals surface area contributed by atoms with Gasteiger partial charge in [0.1, 0.15) is 11.6 Å². The van der Waals surface area contributed by atoms with E-state index < -0.39 is 23.0 Å². The van der Waals surface area contributed by atoms with Gasteiger partial charge in [0.25, 0.3) is 0 Å². The predicted octanol–water partition coefficient (Wildman–Crippen LogP) is 0.918. The molecule has 0 spiro atoms. The summed E-state index contributed by atoms with van der Waals surface area (Å²) in [5, 5.41) is 0. The molecule has 0 saturated carbocycles. The summed E-state index contributed by atoms with van der Waals surface area (Å²) in [6.07, 6.45) is 0.907. The van der Waals surface area contributed by atoms with E-state index in [2.05, 4.69) is 10.3 Å². The Kier molecular flexibility index (Phi) is 3.82. The molecule has 1 heterocycles. The van der Waals surface area contributed by atoms with E-state index >= 15 is 0 Å². The molecule has 1 fully saturated rings. The molecule has 104 valence electrons. The summed E-state index contributed by atoms with van der Waals surface area (Å²) in [7, 11) is 1.94. The zero-order valence-electron chi connectivity index (χ0n) is 10.7. The van der Waals surface area contributed by atoms with Crippen molar-refractivity contribution in [3.63, 3.8) is 0 Å². The van der Waals surface area contributed by atoms with Crippen molar-refractivity contribution >= 4 is 5.91 Å². The standard InChI is InChI=1S/C13H17F2N3O/c1-18-6-4-13(5-7-18,12(19)17-16)10-3-2-9(14)8-11(10)15/h2-3,8H,4-7,16H2,1H3,(H,17,19). The van der Waals surface area contributed by atoms with E-state index in [1.54, 1.807) is 0 Å². The minimum atomic E-state index is -1.01. The van der Waals surface area contributed by atoms with Gasteiger partial charge in [0.2, 0.25) is 5.91 Å². The number of amides is 1. The highest BCUT2D eigenvalue weighted by Crippen LogP contribution is 2.37. The van der Waals surface area contributed by atoms with Crippen molar-refractivity contribution in [1.29, 1.82) is 0 Å². The molecule has 1 aliphatic heterocycles. The molecule has 0 bridgehead atoms. The van der Waals surface area contributed by atoms with Crippen LogP contribution in [0.15, 0.2) is 18.2 Å². The van der Waals surface area contributed by atoms with E-state index in [0.29, 0.717) is 25.9 Å². The van der Waals surface area contributed by atoms with Crippen molar-refractivity contribution < 1.29 is 13.6 Å². The SMILES string of the molecule is CN1CCC(C(=O)NN)(c2ccc(F)cc2F)CC1. The maximum Gasteiger partial charge on any atom is 0.244 e. The van der Waals surface area contributed by atoms with Gasteiger partial charge >= 0.3 is 0 Å². The van der Waals surface area contributed by atoms with Crippen LogP contribution in [0.4, 0.5) is 8.78 Å². The van der Waals surface area contributed by atoms with Crippen LogP contribution >= 0.6 is 0 Å². The Hall–Kier alpha value is -1.53.